The fourth-order valence-electron chi connectivity index (χ4n) is 11.7. The molecule has 20 atom stereocenters. The van der Waals surface area contributed by atoms with E-state index >= 15 is 0 Å². The van der Waals surface area contributed by atoms with Crippen LogP contribution in [0.25, 0.3) is 0 Å². The zero-order chi connectivity index (χ0) is 38.2. The molecule has 10 rings (SSSR count). The highest BCUT2D eigenvalue weighted by Crippen LogP contribution is 2.54. The maximum absolute atomic E-state index is 14.1. The van der Waals surface area contributed by atoms with Gasteiger partial charge in [-0.3, -0.25) is 4.79 Å². The Labute approximate surface area is 324 Å². The molecule has 10 aliphatic heterocycles. The van der Waals surface area contributed by atoms with Gasteiger partial charge in [0.05, 0.1) is 79.9 Å². The largest absolute Gasteiger partial charge is 0.394 e. The minimum absolute atomic E-state index is 0.00601. The molecule has 0 aliphatic carbocycles. The summed E-state index contributed by atoms with van der Waals surface area (Å²) >= 11 is 0. The molecule has 13 heteroatoms. The highest BCUT2D eigenvalue weighted by Gasteiger charge is 2.68. The first-order valence-corrected chi connectivity index (χ1v) is 21.2. The van der Waals surface area contributed by atoms with Crippen molar-refractivity contribution in [2.45, 2.75) is 206 Å². The van der Waals surface area contributed by atoms with Crippen LogP contribution in [0.5, 0.6) is 0 Å². The summed E-state index contributed by atoms with van der Waals surface area (Å²) in [6.45, 7) is 10.7. The third-order valence-electron chi connectivity index (χ3n) is 14.5. The first kappa shape index (κ1) is 39.1. The fraction of sp³-hybridized carbons (Fsp3) is 0.881. The summed E-state index contributed by atoms with van der Waals surface area (Å²) in [4.78, 5) is 14.1. The van der Waals surface area contributed by atoms with E-state index in [9.17, 15) is 20.1 Å². The van der Waals surface area contributed by atoms with E-state index in [1.54, 1.807) is 7.11 Å². The number of aliphatic hydroxyl groups excluding tert-OH is 3. The fourth-order valence-corrected chi connectivity index (χ4v) is 11.7. The van der Waals surface area contributed by atoms with Crippen LogP contribution in [0.15, 0.2) is 24.3 Å². The van der Waals surface area contributed by atoms with Crippen molar-refractivity contribution in [2.75, 3.05) is 13.7 Å². The van der Waals surface area contributed by atoms with Crippen molar-refractivity contribution in [2.24, 2.45) is 11.8 Å². The zero-order valence-electron chi connectivity index (χ0n) is 32.4. The summed E-state index contributed by atoms with van der Waals surface area (Å²) in [7, 11) is 1.62. The van der Waals surface area contributed by atoms with Crippen LogP contribution < -0.4 is 0 Å². The molecule has 0 aromatic heterocycles. The Morgan fingerprint density at radius 1 is 0.764 bits per heavy atom. The maximum atomic E-state index is 14.1. The summed E-state index contributed by atoms with van der Waals surface area (Å²) in [5, 5.41) is 30.3. The monoisotopic (exact) mass is 774 g/mol. The molecular formula is C42H62O13. The van der Waals surface area contributed by atoms with Gasteiger partial charge in [-0.25, -0.2) is 0 Å². The van der Waals surface area contributed by atoms with Crippen molar-refractivity contribution in [3.63, 3.8) is 0 Å². The predicted molar refractivity (Wildman–Crippen MR) is 195 cm³/mol. The normalized spacial score (nSPS) is 50.8. The van der Waals surface area contributed by atoms with Gasteiger partial charge in [0.15, 0.2) is 5.79 Å². The standard InChI is InChI=1S/C42H62O13/c1-20-11-26-5-7-30-21(2)12-28(48-30)9-10-42-18-35-38(54-42)39-40(53-35)41(55-42)37-31(52-39)8-6-27(50-37)14-24(45)15-29-33(17-32(49-26)22(20)3)51-34(36(29)47-4)16-23(44)13-25(46)19-43/h20,23,25-41,43-44,46H,2-3,5-19H2,1,4H3. The second-order valence-electron chi connectivity index (χ2n) is 18.3. The van der Waals surface area contributed by atoms with Crippen molar-refractivity contribution in [1.82, 2.24) is 0 Å². The molecule has 0 aromatic rings. The topological polar surface area (TPSA) is 161 Å². The molecule has 20 unspecified atom stereocenters. The number of ether oxygens (including phenoxy) is 9. The molecule has 3 N–H and O–H groups in total. The van der Waals surface area contributed by atoms with E-state index in [1.807, 2.05) is 0 Å². The summed E-state index contributed by atoms with van der Waals surface area (Å²) in [5.74, 6) is -0.803. The average Bonchev–Trinajstić information content (AvgIpc) is 3.83. The van der Waals surface area contributed by atoms with Gasteiger partial charge < -0.3 is 58.0 Å². The zero-order valence-corrected chi connectivity index (χ0v) is 32.4. The first-order chi connectivity index (χ1) is 26.5. The lowest BCUT2D eigenvalue weighted by Crippen LogP contribution is -2.61. The van der Waals surface area contributed by atoms with Gasteiger partial charge in [-0.15, -0.1) is 0 Å². The number of rotatable bonds is 6. The van der Waals surface area contributed by atoms with Gasteiger partial charge in [0.25, 0.3) is 0 Å². The van der Waals surface area contributed by atoms with E-state index in [4.69, 9.17) is 42.6 Å². The Morgan fingerprint density at radius 3 is 2.33 bits per heavy atom. The maximum Gasteiger partial charge on any atom is 0.172 e. The molecule has 10 heterocycles. The Hall–Kier alpha value is -1.33. The average molecular weight is 775 g/mol. The molecule has 10 saturated heterocycles. The summed E-state index contributed by atoms with van der Waals surface area (Å²) in [6.07, 6.45) is 2.48. The van der Waals surface area contributed by atoms with E-state index in [-0.39, 0.29) is 117 Å². The number of carbonyl (C=O) groups excluding carboxylic acids is 1. The van der Waals surface area contributed by atoms with Gasteiger partial charge in [0.2, 0.25) is 0 Å². The predicted octanol–water partition coefficient (Wildman–Crippen LogP) is 3.22. The van der Waals surface area contributed by atoms with Crippen LogP contribution in [0.3, 0.4) is 0 Å². The molecule has 0 saturated carbocycles. The molecule has 1 spiro atoms. The van der Waals surface area contributed by atoms with Gasteiger partial charge in [-0.2, -0.15) is 0 Å². The van der Waals surface area contributed by atoms with Crippen molar-refractivity contribution >= 4 is 5.78 Å². The minimum Gasteiger partial charge on any atom is -0.394 e. The number of methoxy groups -OCH3 is 1. The van der Waals surface area contributed by atoms with E-state index < -0.39 is 42.9 Å². The van der Waals surface area contributed by atoms with Crippen molar-refractivity contribution in [3.8, 4) is 0 Å². The van der Waals surface area contributed by atoms with Crippen molar-refractivity contribution in [1.29, 1.82) is 0 Å². The van der Waals surface area contributed by atoms with Crippen LogP contribution in [-0.2, 0) is 47.4 Å². The van der Waals surface area contributed by atoms with Gasteiger partial charge >= 0.3 is 0 Å². The van der Waals surface area contributed by atoms with E-state index in [0.717, 1.165) is 49.7 Å². The highest BCUT2D eigenvalue weighted by molar-refractivity contribution is 5.79. The Balaban J connectivity index is 0.982. The van der Waals surface area contributed by atoms with Gasteiger partial charge in [0, 0.05) is 58.0 Å². The molecule has 10 fully saturated rings. The third-order valence-corrected chi connectivity index (χ3v) is 14.5. The van der Waals surface area contributed by atoms with Gasteiger partial charge in [-0.1, -0.05) is 20.1 Å². The molecule has 308 valence electrons. The Kier molecular flexibility index (Phi) is 11.2. The van der Waals surface area contributed by atoms with E-state index in [1.165, 1.54) is 0 Å². The Morgan fingerprint density at radius 2 is 1.51 bits per heavy atom. The molecule has 13 nitrogen and oxygen atoms in total. The number of aliphatic hydroxyl groups is 3. The number of carbonyl (C=O) groups is 1. The molecule has 12 bridgehead atoms. The van der Waals surface area contributed by atoms with Crippen LogP contribution in [0, 0.1) is 11.8 Å². The second kappa shape index (κ2) is 15.7. The lowest BCUT2D eigenvalue weighted by Gasteiger charge is -2.47. The van der Waals surface area contributed by atoms with Gasteiger partial charge in [-0.05, 0) is 62.0 Å². The molecule has 0 aromatic carbocycles. The third kappa shape index (κ3) is 7.57. The number of hydrogen-bond acceptors (Lipinski definition) is 13. The smallest absolute Gasteiger partial charge is 0.172 e. The highest BCUT2D eigenvalue weighted by atomic mass is 16.8. The van der Waals surface area contributed by atoms with Crippen LogP contribution in [0.1, 0.15) is 96.8 Å². The van der Waals surface area contributed by atoms with Crippen LogP contribution in [-0.4, -0.2) is 144 Å². The quantitative estimate of drug-likeness (QED) is 0.338. The number of hydrogen-bond donors (Lipinski definition) is 3. The Bertz CT molecular complexity index is 1440. The lowest BCUT2D eigenvalue weighted by atomic mass is 9.81. The molecule has 10 aliphatic rings. The second-order valence-corrected chi connectivity index (χ2v) is 18.3. The van der Waals surface area contributed by atoms with Crippen LogP contribution >= 0.6 is 0 Å². The number of Topliss-reactive ketones (excluding diaryl/α,β-unsaturated/α-hetero) is 1. The molecule has 55 heavy (non-hydrogen) atoms. The number of ketones is 1. The van der Waals surface area contributed by atoms with E-state index in [2.05, 4.69) is 20.1 Å². The molecular weight excluding hydrogens is 712 g/mol. The van der Waals surface area contributed by atoms with Crippen LogP contribution in [0.2, 0.25) is 0 Å². The molecule has 0 radical (unpaired) electrons. The summed E-state index contributed by atoms with van der Waals surface area (Å²) < 4.78 is 60.1. The van der Waals surface area contributed by atoms with Crippen molar-refractivity contribution < 1.29 is 62.7 Å². The lowest BCUT2D eigenvalue weighted by molar-refractivity contribution is -0.292. The number of fused-ring (bicyclic) bond motifs is 6. The van der Waals surface area contributed by atoms with Crippen molar-refractivity contribution in [3.05, 3.63) is 24.3 Å². The summed E-state index contributed by atoms with van der Waals surface area (Å²) in [6, 6.07) is 0. The minimum atomic E-state index is -1.04. The SMILES string of the molecule is C=C1CC2CCC34CC5OC6C(OC7CCC(CC(=O)CC8C(CC9OC(CCC1O2)CC(C)C9=C)OC(CC(O)CC(O)CO)C8OC)OC7C6O3)C5O4. The van der Waals surface area contributed by atoms with Crippen LogP contribution in [0.4, 0.5) is 0 Å². The van der Waals surface area contributed by atoms with Gasteiger partial charge in [0.1, 0.15) is 36.3 Å². The first-order valence-electron chi connectivity index (χ1n) is 21.2. The molecule has 0 amide bonds. The summed E-state index contributed by atoms with van der Waals surface area (Å²) in [5.41, 5.74) is 2.14. The van der Waals surface area contributed by atoms with E-state index in [0.29, 0.717) is 25.7 Å².